The minimum absolute atomic E-state index is 0.0222. The van der Waals surface area contributed by atoms with Crippen LogP contribution in [0.1, 0.15) is 31.9 Å². The van der Waals surface area contributed by atoms with Crippen LogP contribution in [-0.2, 0) is 12.6 Å². The molecule has 0 aliphatic carbocycles. The van der Waals surface area contributed by atoms with Crippen molar-refractivity contribution in [3.05, 3.63) is 75.0 Å². The predicted molar refractivity (Wildman–Crippen MR) is 98.3 cm³/mol. The number of nitrogens with one attached hydrogen (secondary N) is 1. The van der Waals surface area contributed by atoms with Crippen molar-refractivity contribution < 1.29 is 18.0 Å². The Morgan fingerprint density at radius 2 is 2.04 bits per heavy atom. The van der Waals surface area contributed by atoms with Gasteiger partial charge in [0, 0.05) is 29.3 Å². The van der Waals surface area contributed by atoms with Crippen molar-refractivity contribution in [2.45, 2.75) is 12.6 Å². The number of nitriles is 1. The molecule has 5 nitrogen and oxygen atoms in total. The second-order valence-electron chi connectivity index (χ2n) is 5.61. The summed E-state index contributed by atoms with van der Waals surface area (Å²) >= 11 is 6.80. The molecule has 28 heavy (non-hydrogen) atoms. The van der Waals surface area contributed by atoms with E-state index in [9.17, 15) is 18.0 Å². The highest BCUT2D eigenvalue weighted by Gasteiger charge is 2.33. The van der Waals surface area contributed by atoms with Crippen LogP contribution >= 0.6 is 22.9 Å². The molecule has 0 unspecified atom stereocenters. The molecule has 0 bridgehead atoms. The Bertz CT molecular complexity index is 1080. The number of halogens is 4. The second kappa shape index (κ2) is 7.96. The molecule has 10 heteroatoms. The third-order valence-corrected chi connectivity index (χ3v) is 4.79. The molecular weight excluding hydrogens is 413 g/mol. The van der Waals surface area contributed by atoms with Crippen LogP contribution in [-0.4, -0.2) is 15.9 Å². The number of carbonyl (C=O) groups excluding carboxylic acids is 1. The first-order chi connectivity index (χ1) is 13.3. The number of alkyl halides is 3. The van der Waals surface area contributed by atoms with E-state index in [4.69, 9.17) is 16.9 Å². The summed E-state index contributed by atoms with van der Waals surface area (Å²) in [4.78, 5) is 20.5. The van der Waals surface area contributed by atoms with Gasteiger partial charge in [-0.25, -0.2) is 9.97 Å². The number of benzene rings is 1. The van der Waals surface area contributed by atoms with Gasteiger partial charge in [0.05, 0.1) is 17.2 Å². The number of pyridine rings is 1. The number of nitrogens with zero attached hydrogens (tertiary/aromatic N) is 3. The second-order valence-corrected chi connectivity index (χ2v) is 7.11. The fourth-order valence-electron chi connectivity index (χ4n) is 2.41. The third-order valence-electron chi connectivity index (χ3n) is 3.67. The van der Waals surface area contributed by atoms with Gasteiger partial charge in [-0.2, -0.15) is 18.4 Å². The summed E-state index contributed by atoms with van der Waals surface area (Å²) in [6.07, 6.45) is -1.83. The average molecular weight is 423 g/mol. The van der Waals surface area contributed by atoms with E-state index in [1.54, 1.807) is 6.07 Å². The Morgan fingerprint density at radius 1 is 1.25 bits per heavy atom. The van der Waals surface area contributed by atoms with Gasteiger partial charge < -0.3 is 0 Å². The van der Waals surface area contributed by atoms with Gasteiger partial charge in [0.15, 0.2) is 5.13 Å². The van der Waals surface area contributed by atoms with Crippen molar-refractivity contribution in [1.29, 1.82) is 5.26 Å². The molecular formula is C18H10ClF3N4OS. The largest absolute Gasteiger partial charge is 0.416 e. The Kier molecular flexibility index (Phi) is 5.63. The van der Waals surface area contributed by atoms with Gasteiger partial charge in [0.25, 0.3) is 5.91 Å². The summed E-state index contributed by atoms with van der Waals surface area (Å²) in [5, 5.41) is 11.8. The van der Waals surface area contributed by atoms with Crippen LogP contribution < -0.4 is 5.32 Å². The zero-order valence-corrected chi connectivity index (χ0v) is 15.5. The van der Waals surface area contributed by atoms with Gasteiger partial charge in [-0.1, -0.05) is 17.7 Å². The number of carbonyl (C=O) groups is 1. The first-order valence-corrected chi connectivity index (χ1v) is 8.93. The van der Waals surface area contributed by atoms with E-state index in [0.29, 0.717) is 4.88 Å². The van der Waals surface area contributed by atoms with Crippen molar-refractivity contribution in [1.82, 2.24) is 9.97 Å². The first-order valence-electron chi connectivity index (χ1n) is 7.74. The molecule has 0 spiro atoms. The molecule has 0 saturated heterocycles. The monoisotopic (exact) mass is 422 g/mol. The quantitative estimate of drug-likeness (QED) is 0.605. The Balaban J connectivity index is 1.78. The Labute approximate surface area is 166 Å². The van der Waals surface area contributed by atoms with E-state index >= 15 is 0 Å². The molecule has 0 atom stereocenters. The molecule has 0 radical (unpaired) electrons. The van der Waals surface area contributed by atoms with Crippen LogP contribution in [0.15, 0.2) is 42.7 Å². The molecule has 2 aromatic heterocycles. The normalized spacial score (nSPS) is 11.1. The molecule has 1 amide bonds. The summed E-state index contributed by atoms with van der Waals surface area (Å²) < 4.78 is 39.8. The van der Waals surface area contributed by atoms with Crippen molar-refractivity contribution in [2.24, 2.45) is 0 Å². The predicted octanol–water partition coefficient (Wildman–Crippen LogP) is 4.93. The Morgan fingerprint density at radius 3 is 2.71 bits per heavy atom. The van der Waals surface area contributed by atoms with E-state index in [-0.39, 0.29) is 33.4 Å². The van der Waals surface area contributed by atoms with Gasteiger partial charge in [0.1, 0.15) is 5.15 Å². The molecule has 0 fully saturated rings. The van der Waals surface area contributed by atoms with Crippen LogP contribution in [0.5, 0.6) is 0 Å². The van der Waals surface area contributed by atoms with Crippen molar-refractivity contribution in [2.75, 3.05) is 5.32 Å². The molecule has 142 valence electrons. The van der Waals surface area contributed by atoms with E-state index in [2.05, 4.69) is 15.3 Å². The lowest BCUT2D eigenvalue weighted by molar-refractivity contribution is -0.138. The van der Waals surface area contributed by atoms with Crippen molar-refractivity contribution >= 4 is 34.0 Å². The maximum atomic E-state index is 13.3. The van der Waals surface area contributed by atoms with Gasteiger partial charge in [-0.3, -0.25) is 10.1 Å². The fourth-order valence-corrected chi connectivity index (χ4v) is 3.42. The summed E-state index contributed by atoms with van der Waals surface area (Å²) in [6.45, 7) is 0. The van der Waals surface area contributed by atoms with Gasteiger partial charge in [0.2, 0.25) is 0 Å². The number of rotatable bonds is 4. The van der Waals surface area contributed by atoms with Gasteiger partial charge in [-0.05, 0) is 29.8 Å². The SMILES string of the molecule is N#Cc1ccc(Cc2cnc(NC(=O)c3ccnc(Cl)c3)s2)c(C(F)(F)F)c1. The minimum Gasteiger partial charge on any atom is -0.298 e. The fraction of sp³-hybridized carbons (Fsp3) is 0.111. The summed E-state index contributed by atoms with van der Waals surface area (Å²) in [6, 6.07) is 8.00. The van der Waals surface area contributed by atoms with E-state index in [1.165, 1.54) is 36.7 Å². The molecule has 1 N–H and O–H groups in total. The number of hydrogen-bond acceptors (Lipinski definition) is 5. The third kappa shape index (κ3) is 4.65. The lowest BCUT2D eigenvalue weighted by Crippen LogP contribution is -2.11. The van der Waals surface area contributed by atoms with Crippen LogP contribution in [0.4, 0.5) is 18.3 Å². The molecule has 0 aliphatic heterocycles. The molecule has 0 saturated carbocycles. The lowest BCUT2D eigenvalue weighted by Gasteiger charge is -2.12. The standard InChI is InChI=1S/C18H10ClF3N4OS/c19-15-7-12(3-4-24-15)16(27)26-17-25-9-13(28-17)6-11-2-1-10(8-23)5-14(11)18(20,21)22/h1-5,7,9H,6H2,(H,25,26,27). The molecule has 3 rings (SSSR count). The van der Waals surface area contributed by atoms with Gasteiger partial charge in [-0.15, -0.1) is 11.3 Å². The van der Waals surface area contributed by atoms with Crippen LogP contribution in [0.3, 0.4) is 0 Å². The molecule has 2 heterocycles. The van der Waals surface area contributed by atoms with Crippen molar-refractivity contribution in [3.8, 4) is 6.07 Å². The maximum absolute atomic E-state index is 13.3. The lowest BCUT2D eigenvalue weighted by atomic mass is 10.0. The van der Waals surface area contributed by atoms with E-state index in [1.807, 2.05) is 0 Å². The van der Waals surface area contributed by atoms with Crippen LogP contribution in [0.25, 0.3) is 0 Å². The van der Waals surface area contributed by atoms with E-state index < -0.39 is 17.6 Å². The summed E-state index contributed by atoms with van der Waals surface area (Å²) in [5.74, 6) is -0.459. The zero-order chi connectivity index (χ0) is 20.3. The number of anilines is 1. The number of aromatic nitrogens is 2. The zero-order valence-electron chi connectivity index (χ0n) is 13.9. The molecule has 0 aliphatic rings. The number of amides is 1. The van der Waals surface area contributed by atoms with E-state index in [0.717, 1.165) is 17.4 Å². The highest BCUT2D eigenvalue weighted by Crippen LogP contribution is 2.34. The highest BCUT2D eigenvalue weighted by molar-refractivity contribution is 7.15. The minimum atomic E-state index is -4.58. The first kappa shape index (κ1) is 19.8. The number of thiazole rings is 1. The van der Waals surface area contributed by atoms with Crippen LogP contribution in [0, 0.1) is 11.3 Å². The average Bonchev–Trinajstić information content (AvgIpc) is 3.08. The highest BCUT2D eigenvalue weighted by atomic mass is 35.5. The van der Waals surface area contributed by atoms with Crippen molar-refractivity contribution in [3.63, 3.8) is 0 Å². The Hall–Kier alpha value is -2.96. The maximum Gasteiger partial charge on any atom is 0.416 e. The molecule has 3 aromatic rings. The number of hydrogen-bond donors (Lipinski definition) is 1. The van der Waals surface area contributed by atoms with Crippen LogP contribution in [0.2, 0.25) is 5.15 Å². The summed E-state index contributed by atoms with van der Waals surface area (Å²) in [5.41, 5.74) is -0.626. The topological polar surface area (TPSA) is 78.7 Å². The summed E-state index contributed by atoms with van der Waals surface area (Å²) in [7, 11) is 0. The molecule has 1 aromatic carbocycles. The smallest absolute Gasteiger partial charge is 0.298 e. The van der Waals surface area contributed by atoms with Gasteiger partial charge >= 0.3 is 6.18 Å².